The van der Waals surface area contributed by atoms with E-state index in [0.29, 0.717) is 11.6 Å². The highest BCUT2D eigenvalue weighted by atomic mass is 35.5. The zero-order valence-electron chi connectivity index (χ0n) is 18.9. The summed E-state index contributed by atoms with van der Waals surface area (Å²) in [4.78, 5) is 15.9. The average Bonchev–Trinajstić information content (AvgIpc) is 3.28. The number of benzene rings is 3. The fraction of sp³-hybridized carbons (Fsp3) is 0.207. The maximum absolute atomic E-state index is 14.0. The Bertz CT molecular complexity index is 1380. The van der Waals surface area contributed by atoms with Gasteiger partial charge in [-0.15, -0.1) is 0 Å². The number of fused-ring (bicyclic) bond motifs is 4. The molecule has 1 atom stereocenters. The summed E-state index contributed by atoms with van der Waals surface area (Å²) < 4.78 is 2.19. The number of para-hydroxylation sites is 1. The standard InChI is InChI=1S/C29H26ClN3O/c30-23-12-5-11-21(18-23)28-27-16-7-17-32(27)26-15-4-2-9-22(26)19-33(28)29(34)31-25-14-6-10-20-8-1-3-13-24(20)25/h2,4-7,9-12,14-18,28H,1,3,8,13,19H2,(H,31,34)/t28-/m1/s1. The molecule has 1 N–H and O–H groups in total. The summed E-state index contributed by atoms with van der Waals surface area (Å²) in [6, 6.07) is 26.2. The number of hydrogen-bond donors (Lipinski definition) is 1. The van der Waals surface area contributed by atoms with E-state index in [4.69, 9.17) is 11.6 Å². The number of carbonyl (C=O) groups is 1. The van der Waals surface area contributed by atoms with Crippen molar-refractivity contribution in [2.75, 3.05) is 5.32 Å². The van der Waals surface area contributed by atoms with Gasteiger partial charge >= 0.3 is 6.03 Å². The second kappa shape index (κ2) is 8.69. The summed E-state index contributed by atoms with van der Waals surface area (Å²) in [7, 11) is 0. The lowest BCUT2D eigenvalue weighted by Crippen LogP contribution is -2.38. The summed E-state index contributed by atoms with van der Waals surface area (Å²) in [5.41, 5.74) is 7.80. The number of urea groups is 1. The maximum atomic E-state index is 14.0. The largest absolute Gasteiger partial charge is 0.322 e. The highest BCUT2D eigenvalue weighted by molar-refractivity contribution is 6.30. The van der Waals surface area contributed by atoms with E-state index >= 15 is 0 Å². The molecule has 3 aromatic carbocycles. The van der Waals surface area contributed by atoms with E-state index in [1.54, 1.807) is 0 Å². The quantitative estimate of drug-likeness (QED) is 0.334. The number of rotatable bonds is 2. The normalized spacial score (nSPS) is 16.7. The van der Waals surface area contributed by atoms with Crippen molar-refractivity contribution in [2.24, 2.45) is 0 Å². The van der Waals surface area contributed by atoms with E-state index in [1.807, 2.05) is 47.4 Å². The van der Waals surface area contributed by atoms with E-state index in [0.717, 1.165) is 47.5 Å². The number of aryl methyl sites for hydroxylation is 1. The van der Waals surface area contributed by atoms with Gasteiger partial charge in [-0.25, -0.2) is 4.79 Å². The minimum absolute atomic E-state index is 0.103. The van der Waals surface area contributed by atoms with Crippen LogP contribution in [0.25, 0.3) is 5.69 Å². The first-order valence-electron chi connectivity index (χ1n) is 11.9. The molecule has 2 aliphatic rings. The Morgan fingerprint density at radius 1 is 0.882 bits per heavy atom. The molecule has 4 nitrogen and oxygen atoms in total. The van der Waals surface area contributed by atoms with Gasteiger partial charge in [-0.1, -0.05) is 54.1 Å². The van der Waals surface area contributed by atoms with E-state index in [2.05, 4.69) is 52.5 Å². The number of hydrogen-bond acceptors (Lipinski definition) is 1. The minimum Gasteiger partial charge on any atom is -0.318 e. The van der Waals surface area contributed by atoms with Crippen LogP contribution in [0.4, 0.5) is 10.5 Å². The van der Waals surface area contributed by atoms with Gasteiger partial charge in [0.2, 0.25) is 0 Å². The van der Waals surface area contributed by atoms with Crippen molar-refractivity contribution in [2.45, 2.75) is 38.3 Å². The van der Waals surface area contributed by atoms with Crippen LogP contribution >= 0.6 is 11.6 Å². The fourth-order valence-electron chi connectivity index (χ4n) is 5.45. The Labute approximate surface area is 204 Å². The second-order valence-corrected chi connectivity index (χ2v) is 9.53. The van der Waals surface area contributed by atoms with Crippen LogP contribution in [0.1, 0.15) is 46.8 Å². The van der Waals surface area contributed by atoms with Gasteiger partial charge in [-0.05, 0) is 84.3 Å². The van der Waals surface area contributed by atoms with Crippen LogP contribution in [0.2, 0.25) is 5.02 Å². The van der Waals surface area contributed by atoms with Crippen molar-refractivity contribution in [1.82, 2.24) is 9.47 Å². The number of anilines is 1. The highest BCUT2D eigenvalue weighted by Gasteiger charge is 2.33. The van der Waals surface area contributed by atoms with E-state index in [9.17, 15) is 4.79 Å². The van der Waals surface area contributed by atoms with E-state index in [1.165, 1.54) is 17.5 Å². The van der Waals surface area contributed by atoms with Crippen LogP contribution in [0.5, 0.6) is 0 Å². The molecule has 0 saturated heterocycles. The van der Waals surface area contributed by atoms with Crippen molar-refractivity contribution in [1.29, 1.82) is 0 Å². The lowest BCUT2D eigenvalue weighted by molar-refractivity contribution is 0.194. The molecule has 0 saturated carbocycles. The number of aromatic nitrogens is 1. The third-order valence-corrected chi connectivity index (χ3v) is 7.26. The molecular weight excluding hydrogens is 442 g/mol. The molecule has 0 spiro atoms. The molecule has 1 aromatic heterocycles. The summed E-state index contributed by atoms with van der Waals surface area (Å²) in [5.74, 6) is 0. The van der Waals surface area contributed by atoms with Gasteiger partial charge in [0, 0.05) is 22.6 Å². The van der Waals surface area contributed by atoms with Crippen LogP contribution in [0, 0.1) is 0 Å². The van der Waals surface area contributed by atoms with Crippen LogP contribution in [0.3, 0.4) is 0 Å². The Hall–Kier alpha value is -3.50. The predicted octanol–water partition coefficient (Wildman–Crippen LogP) is 7.15. The monoisotopic (exact) mass is 467 g/mol. The summed E-state index contributed by atoms with van der Waals surface area (Å²) >= 11 is 6.41. The first kappa shape index (κ1) is 21.1. The van der Waals surface area contributed by atoms with Gasteiger partial charge in [0.1, 0.15) is 0 Å². The van der Waals surface area contributed by atoms with Crippen LogP contribution in [0.15, 0.2) is 85.1 Å². The number of halogens is 1. The molecule has 0 unspecified atom stereocenters. The summed E-state index contributed by atoms with van der Waals surface area (Å²) in [6.07, 6.45) is 6.53. The molecule has 6 rings (SSSR count). The molecule has 0 fully saturated rings. The molecule has 1 aliphatic heterocycles. The van der Waals surface area contributed by atoms with E-state index in [-0.39, 0.29) is 12.1 Å². The smallest absolute Gasteiger partial charge is 0.318 e. The number of carbonyl (C=O) groups excluding carboxylic acids is 1. The molecule has 5 heteroatoms. The molecule has 0 bridgehead atoms. The Morgan fingerprint density at radius 3 is 2.62 bits per heavy atom. The highest BCUT2D eigenvalue weighted by Crippen LogP contribution is 2.38. The number of nitrogens with one attached hydrogen (secondary N) is 1. The second-order valence-electron chi connectivity index (χ2n) is 9.10. The van der Waals surface area contributed by atoms with Crippen LogP contribution in [-0.2, 0) is 19.4 Å². The Morgan fingerprint density at radius 2 is 1.71 bits per heavy atom. The zero-order valence-corrected chi connectivity index (χ0v) is 19.6. The first-order valence-corrected chi connectivity index (χ1v) is 12.3. The minimum atomic E-state index is -0.277. The Kier molecular flexibility index (Phi) is 5.39. The zero-order chi connectivity index (χ0) is 23.1. The predicted molar refractivity (Wildman–Crippen MR) is 137 cm³/mol. The van der Waals surface area contributed by atoms with Gasteiger partial charge in [0.25, 0.3) is 0 Å². The van der Waals surface area contributed by atoms with Crippen LogP contribution in [-0.4, -0.2) is 15.5 Å². The van der Waals surface area contributed by atoms with Gasteiger partial charge in [-0.3, -0.25) is 0 Å². The fourth-order valence-corrected chi connectivity index (χ4v) is 5.65. The van der Waals surface area contributed by atoms with Gasteiger partial charge in [0.05, 0.1) is 18.3 Å². The van der Waals surface area contributed by atoms with Crippen molar-refractivity contribution < 1.29 is 4.79 Å². The summed E-state index contributed by atoms with van der Waals surface area (Å²) in [5, 5.41) is 3.94. The summed E-state index contributed by atoms with van der Waals surface area (Å²) in [6.45, 7) is 0.496. The van der Waals surface area contributed by atoms with E-state index < -0.39 is 0 Å². The van der Waals surface area contributed by atoms with Crippen LogP contribution < -0.4 is 5.32 Å². The molecule has 34 heavy (non-hydrogen) atoms. The maximum Gasteiger partial charge on any atom is 0.322 e. The molecule has 2 heterocycles. The van der Waals surface area contributed by atoms with Crippen molar-refractivity contribution in [3.8, 4) is 5.69 Å². The molecule has 4 aromatic rings. The molecular formula is C29H26ClN3O. The van der Waals surface area contributed by atoms with Crippen molar-refractivity contribution in [3.63, 3.8) is 0 Å². The Balaban J connectivity index is 1.46. The van der Waals surface area contributed by atoms with Crippen molar-refractivity contribution in [3.05, 3.63) is 118 Å². The van der Waals surface area contributed by atoms with Gasteiger partial charge < -0.3 is 14.8 Å². The third kappa shape index (κ3) is 3.68. The number of amides is 2. The third-order valence-electron chi connectivity index (χ3n) is 7.03. The number of nitrogens with zero attached hydrogens (tertiary/aromatic N) is 2. The molecule has 1 aliphatic carbocycles. The first-order chi connectivity index (χ1) is 16.7. The lowest BCUT2D eigenvalue weighted by Gasteiger charge is -2.31. The van der Waals surface area contributed by atoms with Gasteiger partial charge in [0.15, 0.2) is 0 Å². The molecule has 0 radical (unpaired) electrons. The SMILES string of the molecule is O=C(Nc1cccc2c1CCCC2)N1Cc2ccccc2-n2cccc2[C@H]1c1cccc(Cl)c1. The molecule has 2 amide bonds. The topological polar surface area (TPSA) is 37.3 Å². The average molecular weight is 468 g/mol. The van der Waals surface area contributed by atoms with Crippen molar-refractivity contribution >= 4 is 23.3 Å². The molecule has 170 valence electrons. The lowest BCUT2D eigenvalue weighted by atomic mass is 9.90. The van der Waals surface area contributed by atoms with Gasteiger partial charge in [-0.2, -0.15) is 0 Å².